The molecule has 3 rings (SSSR count). The Morgan fingerprint density at radius 3 is 2.73 bits per heavy atom. The van der Waals surface area contributed by atoms with Crippen LogP contribution in [0, 0.1) is 11.8 Å². The fraction of sp³-hybridized carbons (Fsp3) is 0.700. The molecule has 0 radical (unpaired) electrons. The monoisotopic (exact) mass is 360 g/mol. The molecule has 0 aliphatic carbocycles. The van der Waals surface area contributed by atoms with Gasteiger partial charge < -0.3 is 19.9 Å². The second kappa shape index (κ2) is 10.00. The zero-order valence-corrected chi connectivity index (χ0v) is 15.9. The van der Waals surface area contributed by atoms with Crippen molar-refractivity contribution in [2.45, 2.75) is 25.8 Å². The Morgan fingerprint density at radius 2 is 2.08 bits per heavy atom. The second-order valence-electron chi connectivity index (χ2n) is 7.54. The number of methoxy groups -OCH3 is 1. The molecular weight excluding hydrogens is 328 g/mol. The molecule has 6 nitrogen and oxygen atoms in total. The number of hydrogen-bond acceptors (Lipinski definition) is 5. The van der Waals surface area contributed by atoms with Crippen LogP contribution in [0.25, 0.3) is 0 Å². The van der Waals surface area contributed by atoms with Crippen molar-refractivity contribution in [1.82, 2.24) is 20.1 Å². The first-order chi connectivity index (χ1) is 12.8. The van der Waals surface area contributed by atoms with Crippen molar-refractivity contribution in [3.05, 3.63) is 30.1 Å². The minimum absolute atomic E-state index is 0.138. The van der Waals surface area contributed by atoms with Gasteiger partial charge in [0.05, 0.1) is 12.5 Å². The summed E-state index contributed by atoms with van der Waals surface area (Å²) in [4.78, 5) is 21.7. The Balaban J connectivity index is 1.57. The predicted molar refractivity (Wildman–Crippen MR) is 102 cm³/mol. The van der Waals surface area contributed by atoms with Crippen molar-refractivity contribution in [2.24, 2.45) is 11.8 Å². The van der Waals surface area contributed by atoms with Crippen LogP contribution in [-0.2, 0) is 16.1 Å². The first-order valence-electron chi connectivity index (χ1n) is 9.86. The van der Waals surface area contributed by atoms with Crippen LogP contribution in [0.1, 0.15) is 24.8 Å². The van der Waals surface area contributed by atoms with Gasteiger partial charge in [0.2, 0.25) is 5.91 Å². The van der Waals surface area contributed by atoms with Gasteiger partial charge in [-0.2, -0.15) is 0 Å². The van der Waals surface area contributed by atoms with Crippen LogP contribution in [-0.4, -0.2) is 73.7 Å². The van der Waals surface area contributed by atoms with Crippen molar-refractivity contribution in [3.63, 3.8) is 0 Å². The van der Waals surface area contributed by atoms with Gasteiger partial charge >= 0.3 is 0 Å². The number of ether oxygens (including phenoxy) is 1. The van der Waals surface area contributed by atoms with Crippen LogP contribution >= 0.6 is 0 Å². The molecule has 0 saturated carbocycles. The largest absolute Gasteiger partial charge is 0.383 e. The lowest BCUT2D eigenvalue weighted by atomic mass is 9.95. The second-order valence-corrected chi connectivity index (χ2v) is 7.54. The number of pyridine rings is 1. The normalized spacial score (nSPS) is 21.8. The van der Waals surface area contributed by atoms with Crippen LogP contribution in [0.15, 0.2) is 24.5 Å². The summed E-state index contributed by atoms with van der Waals surface area (Å²) >= 11 is 0. The Hall–Kier alpha value is -1.50. The topological polar surface area (TPSA) is 57.7 Å². The molecular formula is C20H32N4O2. The van der Waals surface area contributed by atoms with Crippen LogP contribution in [0.4, 0.5) is 0 Å². The lowest BCUT2D eigenvalue weighted by Crippen LogP contribution is -2.43. The van der Waals surface area contributed by atoms with Crippen LogP contribution < -0.4 is 5.32 Å². The van der Waals surface area contributed by atoms with E-state index in [1.54, 1.807) is 7.11 Å². The first kappa shape index (κ1) is 19.3. The molecule has 1 atom stereocenters. The van der Waals surface area contributed by atoms with Gasteiger partial charge in [-0.25, -0.2) is 0 Å². The molecule has 0 unspecified atom stereocenters. The van der Waals surface area contributed by atoms with Crippen LogP contribution in [0.5, 0.6) is 0 Å². The number of likely N-dealkylation sites (tertiary alicyclic amines) is 1. The number of piperidine rings is 1. The van der Waals surface area contributed by atoms with Gasteiger partial charge in [-0.1, -0.05) is 0 Å². The summed E-state index contributed by atoms with van der Waals surface area (Å²) in [6.07, 6.45) is 6.90. The van der Waals surface area contributed by atoms with E-state index in [4.69, 9.17) is 4.74 Å². The third-order valence-corrected chi connectivity index (χ3v) is 5.64. The SMILES string of the molecule is COCCN1CCC(CN(Cc2ccncc2)C(=O)[C@@H]2CCNC2)CC1. The summed E-state index contributed by atoms with van der Waals surface area (Å²) in [5.41, 5.74) is 1.16. The van der Waals surface area contributed by atoms with Crippen molar-refractivity contribution >= 4 is 5.91 Å². The van der Waals surface area contributed by atoms with E-state index in [-0.39, 0.29) is 5.92 Å². The van der Waals surface area contributed by atoms with E-state index in [0.717, 1.165) is 70.7 Å². The fourth-order valence-corrected chi connectivity index (χ4v) is 3.99. The smallest absolute Gasteiger partial charge is 0.227 e. The van der Waals surface area contributed by atoms with E-state index in [2.05, 4.69) is 20.1 Å². The number of aromatic nitrogens is 1. The van der Waals surface area contributed by atoms with E-state index in [9.17, 15) is 4.79 Å². The van der Waals surface area contributed by atoms with Gasteiger partial charge in [0.15, 0.2) is 0 Å². The minimum Gasteiger partial charge on any atom is -0.383 e. The average molecular weight is 361 g/mol. The van der Waals surface area contributed by atoms with Crippen LogP contribution in [0.3, 0.4) is 0 Å². The lowest BCUT2D eigenvalue weighted by Gasteiger charge is -2.35. The van der Waals surface area contributed by atoms with Gasteiger partial charge in [0, 0.05) is 45.7 Å². The molecule has 6 heteroatoms. The Labute approximate surface area is 156 Å². The van der Waals surface area contributed by atoms with Gasteiger partial charge in [-0.15, -0.1) is 0 Å². The Morgan fingerprint density at radius 1 is 1.31 bits per heavy atom. The number of hydrogen-bond donors (Lipinski definition) is 1. The first-order valence-corrected chi connectivity index (χ1v) is 9.86. The predicted octanol–water partition coefficient (Wildman–Crippen LogP) is 1.38. The summed E-state index contributed by atoms with van der Waals surface area (Å²) in [6, 6.07) is 4.03. The fourth-order valence-electron chi connectivity index (χ4n) is 3.99. The lowest BCUT2D eigenvalue weighted by molar-refractivity contribution is -0.136. The molecule has 2 fully saturated rings. The molecule has 0 spiro atoms. The quantitative estimate of drug-likeness (QED) is 0.759. The molecule has 1 aromatic rings. The average Bonchev–Trinajstić information content (AvgIpc) is 3.22. The highest BCUT2D eigenvalue weighted by Crippen LogP contribution is 2.22. The highest BCUT2D eigenvalue weighted by atomic mass is 16.5. The zero-order chi connectivity index (χ0) is 18.2. The highest BCUT2D eigenvalue weighted by Gasteiger charge is 2.29. The maximum Gasteiger partial charge on any atom is 0.227 e. The summed E-state index contributed by atoms with van der Waals surface area (Å²) in [5.74, 6) is 1.04. The zero-order valence-electron chi connectivity index (χ0n) is 15.9. The number of rotatable bonds is 8. The Kier molecular flexibility index (Phi) is 7.41. The molecule has 0 bridgehead atoms. The molecule has 2 saturated heterocycles. The van der Waals surface area contributed by atoms with Gasteiger partial charge in [0.25, 0.3) is 0 Å². The molecule has 26 heavy (non-hydrogen) atoms. The molecule has 2 aliphatic heterocycles. The number of amides is 1. The molecule has 0 aromatic carbocycles. The highest BCUT2D eigenvalue weighted by molar-refractivity contribution is 5.79. The maximum absolute atomic E-state index is 13.1. The molecule has 144 valence electrons. The number of nitrogens with zero attached hydrogens (tertiary/aromatic N) is 3. The number of carbonyl (C=O) groups is 1. The molecule has 1 amide bonds. The van der Waals surface area contributed by atoms with Crippen molar-refractivity contribution in [3.8, 4) is 0 Å². The molecule has 2 aliphatic rings. The van der Waals surface area contributed by atoms with Crippen molar-refractivity contribution < 1.29 is 9.53 Å². The molecule has 3 heterocycles. The minimum atomic E-state index is 0.138. The van der Waals surface area contributed by atoms with Crippen molar-refractivity contribution in [1.29, 1.82) is 0 Å². The van der Waals surface area contributed by atoms with Crippen LogP contribution in [0.2, 0.25) is 0 Å². The summed E-state index contributed by atoms with van der Waals surface area (Å²) in [5, 5.41) is 3.32. The van der Waals surface area contributed by atoms with Gasteiger partial charge in [0.1, 0.15) is 0 Å². The van der Waals surface area contributed by atoms with E-state index in [0.29, 0.717) is 18.4 Å². The molecule has 1 aromatic heterocycles. The summed E-state index contributed by atoms with van der Waals surface area (Å²) < 4.78 is 5.19. The maximum atomic E-state index is 13.1. The van der Waals surface area contributed by atoms with Crippen molar-refractivity contribution in [2.75, 3.05) is 53.0 Å². The number of carbonyl (C=O) groups excluding carboxylic acids is 1. The molecule has 1 N–H and O–H groups in total. The van der Waals surface area contributed by atoms with E-state index in [1.165, 1.54) is 0 Å². The standard InChI is InChI=1S/C20H32N4O2/c1-26-13-12-23-10-5-18(6-11-23)16-24(15-17-2-7-21-8-3-17)20(25)19-4-9-22-14-19/h2-3,7-8,18-19,22H,4-6,9-16H2,1H3/t19-/m1/s1. The van der Waals surface area contributed by atoms with E-state index < -0.39 is 0 Å². The van der Waals surface area contributed by atoms with E-state index >= 15 is 0 Å². The summed E-state index contributed by atoms with van der Waals surface area (Å²) in [7, 11) is 1.76. The third kappa shape index (κ3) is 5.50. The number of nitrogens with one attached hydrogen (secondary N) is 1. The van der Waals surface area contributed by atoms with E-state index in [1.807, 2.05) is 24.5 Å². The Bertz CT molecular complexity index is 540. The van der Waals surface area contributed by atoms with Gasteiger partial charge in [-0.3, -0.25) is 9.78 Å². The van der Waals surface area contributed by atoms with Gasteiger partial charge in [-0.05, 0) is 62.5 Å². The third-order valence-electron chi connectivity index (χ3n) is 5.64. The summed E-state index contributed by atoms with van der Waals surface area (Å²) in [6.45, 7) is 7.37.